The summed E-state index contributed by atoms with van der Waals surface area (Å²) >= 11 is 0. The molecule has 0 saturated heterocycles. The fourth-order valence-corrected chi connectivity index (χ4v) is 7.84. The summed E-state index contributed by atoms with van der Waals surface area (Å²) in [7, 11) is 0. The first-order valence-electron chi connectivity index (χ1n) is 18.1. The van der Waals surface area contributed by atoms with Crippen molar-refractivity contribution in [3.8, 4) is 56.9 Å². The molecule has 0 amide bonds. The van der Waals surface area contributed by atoms with Crippen molar-refractivity contribution < 1.29 is 0 Å². The first-order chi connectivity index (χ1) is 26.8. The molecule has 0 bridgehead atoms. The first kappa shape index (κ1) is 30.2. The maximum absolute atomic E-state index is 5.18. The van der Waals surface area contributed by atoms with Gasteiger partial charge in [-0.05, 0) is 65.7 Å². The third kappa shape index (κ3) is 4.81. The predicted molar refractivity (Wildman–Crippen MR) is 219 cm³/mol. The Morgan fingerprint density at radius 2 is 0.926 bits per heavy atom. The topological polar surface area (TPSA) is 61.4 Å². The summed E-state index contributed by atoms with van der Waals surface area (Å²) in [5, 5.41) is 4.60. The molecule has 2 aliphatic heterocycles. The van der Waals surface area contributed by atoms with Crippen LogP contribution in [0.1, 0.15) is 0 Å². The highest BCUT2D eigenvalue weighted by Crippen LogP contribution is 2.39. The normalized spacial score (nSPS) is 11.7. The smallest absolute Gasteiger partial charge is 0.240 e. The van der Waals surface area contributed by atoms with Crippen LogP contribution < -0.4 is 0 Å². The summed E-state index contributed by atoms with van der Waals surface area (Å²) < 4.78 is 4.45. The summed E-state index contributed by atoms with van der Waals surface area (Å²) in [5.41, 5.74) is 10.6. The van der Waals surface area contributed by atoms with E-state index in [0.717, 1.165) is 61.1 Å². The van der Waals surface area contributed by atoms with E-state index in [-0.39, 0.29) is 0 Å². The van der Waals surface area contributed by atoms with Gasteiger partial charge in [0.2, 0.25) is 5.95 Å². The molecular formula is C48H30N6. The number of hydrogen-bond acceptors (Lipinski definition) is 4. The summed E-state index contributed by atoms with van der Waals surface area (Å²) in [6.45, 7) is 0. The minimum Gasteiger partial charge on any atom is -0.309 e. The van der Waals surface area contributed by atoms with E-state index >= 15 is 0 Å². The summed E-state index contributed by atoms with van der Waals surface area (Å²) in [6.07, 6.45) is 0. The van der Waals surface area contributed by atoms with Crippen molar-refractivity contribution in [1.82, 2.24) is 29.1 Å². The Balaban J connectivity index is 1.15. The maximum atomic E-state index is 5.18. The van der Waals surface area contributed by atoms with Gasteiger partial charge in [0, 0.05) is 43.9 Å². The predicted octanol–water partition coefficient (Wildman–Crippen LogP) is 11.6. The minimum absolute atomic E-state index is 0.518. The number of hydrogen-bond donors (Lipinski definition) is 0. The van der Waals surface area contributed by atoms with Gasteiger partial charge in [0.15, 0.2) is 11.6 Å². The number of rotatable bonds is 5. The van der Waals surface area contributed by atoms with Crippen molar-refractivity contribution in [2.24, 2.45) is 0 Å². The molecule has 2 aliphatic rings. The molecular weight excluding hydrogens is 661 g/mol. The lowest BCUT2D eigenvalue weighted by Gasteiger charge is -2.17. The number of nitrogens with zero attached hydrogens (tertiary/aromatic N) is 6. The van der Waals surface area contributed by atoms with Crippen LogP contribution in [0.25, 0.3) is 101 Å². The second-order valence-electron chi connectivity index (χ2n) is 13.6. The molecule has 0 saturated carbocycles. The van der Waals surface area contributed by atoms with Crippen LogP contribution in [-0.2, 0) is 0 Å². The van der Waals surface area contributed by atoms with E-state index in [9.17, 15) is 0 Å². The number of benzene rings is 7. The van der Waals surface area contributed by atoms with Crippen LogP contribution in [0, 0.1) is 0 Å². The van der Waals surface area contributed by atoms with E-state index in [2.05, 4.69) is 124 Å². The van der Waals surface area contributed by atoms with Gasteiger partial charge in [0.05, 0.1) is 22.1 Å². The second-order valence-corrected chi connectivity index (χ2v) is 13.6. The van der Waals surface area contributed by atoms with Crippen LogP contribution in [0.15, 0.2) is 182 Å². The Morgan fingerprint density at radius 1 is 0.352 bits per heavy atom. The molecule has 9 aromatic rings. The molecule has 0 aliphatic carbocycles. The van der Waals surface area contributed by atoms with Crippen LogP contribution in [0.2, 0.25) is 0 Å². The summed E-state index contributed by atoms with van der Waals surface area (Å²) in [5.74, 6) is 2.53. The van der Waals surface area contributed by atoms with Crippen LogP contribution in [0.4, 0.5) is 0 Å². The van der Waals surface area contributed by atoms with E-state index < -0.39 is 0 Å². The van der Waals surface area contributed by atoms with Gasteiger partial charge in [-0.1, -0.05) is 127 Å². The monoisotopic (exact) mass is 690 g/mol. The van der Waals surface area contributed by atoms with Crippen molar-refractivity contribution in [3.63, 3.8) is 0 Å². The third-order valence-corrected chi connectivity index (χ3v) is 10.3. The SMILES string of the molecule is c1ccc(-c2nc(-c3ccccc3)nc(-n3c4nc5ccccc5c-4cc4cc(-c5ccc6c(c5)c5ccccc5n6-c5ccccc5)ccc43)n2)cc1. The lowest BCUT2D eigenvalue weighted by molar-refractivity contribution is 0.919. The van der Waals surface area contributed by atoms with Gasteiger partial charge in [0.25, 0.3) is 0 Å². The largest absolute Gasteiger partial charge is 0.309 e. The van der Waals surface area contributed by atoms with E-state index in [4.69, 9.17) is 19.9 Å². The zero-order chi connectivity index (χ0) is 35.6. The van der Waals surface area contributed by atoms with Gasteiger partial charge in [-0.3, -0.25) is 4.57 Å². The Kier molecular flexibility index (Phi) is 6.75. The maximum Gasteiger partial charge on any atom is 0.240 e. The molecule has 0 unspecified atom stereocenters. The molecule has 54 heavy (non-hydrogen) atoms. The Bertz CT molecular complexity index is 3090. The van der Waals surface area contributed by atoms with E-state index in [0.29, 0.717) is 17.6 Å². The standard InChI is InChI=1S/C48H30N6/c1-4-14-31(15-5-1)45-50-46(32-16-6-2-7-17-32)52-48(51-45)54-42-26-24-33(28-35(42)30-40-37-20-10-12-22-41(37)49-47(40)54)34-25-27-44-39(29-34)38-21-11-13-23-43(38)53(44)36-18-8-3-9-19-36/h1-30H. The number of para-hydroxylation sites is 3. The molecule has 0 atom stereocenters. The molecule has 6 heteroatoms. The average molecular weight is 691 g/mol. The van der Waals surface area contributed by atoms with Gasteiger partial charge in [0.1, 0.15) is 5.82 Å². The summed E-state index contributed by atoms with van der Waals surface area (Å²) in [6, 6.07) is 63.4. The molecule has 4 heterocycles. The Morgan fingerprint density at radius 3 is 1.65 bits per heavy atom. The highest BCUT2D eigenvalue weighted by molar-refractivity contribution is 6.11. The molecule has 0 spiro atoms. The lowest BCUT2D eigenvalue weighted by Crippen LogP contribution is -2.10. The lowest BCUT2D eigenvalue weighted by atomic mass is 9.99. The van der Waals surface area contributed by atoms with Crippen LogP contribution in [0.3, 0.4) is 0 Å². The second kappa shape index (κ2) is 12.1. The van der Waals surface area contributed by atoms with Crippen molar-refractivity contribution in [2.75, 3.05) is 0 Å². The zero-order valence-corrected chi connectivity index (χ0v) is 29.0. The van der Waals surface area contributed by atoms with E-state index in [1.165, 1.54) is 21.8 Å². The highest BCUT2D eigenvalue weighted by Gasteiger charge is 2.23. The molecule has 0 fully saturated rings. The van der Waals surface area contributed by atoms with Gasteiger partial charge in [-0.2, -0.15) is 9.97 Å². The fourth-order valence-electron chi connectivity index (χ4n) is 7.84. The Hall–Kier alpha value is -7.44. The van der Waals surface area contributed by atoms with Gasteiger partial charge in [-0.25, -0.2) is 9.97 Å². The minimum atomic E-state index is 0.518. The molecule has 0 N–H and O–H groups in total. The molecule has 11 rings (SSSR count). The highest BCUT2D eigenvalue weighted by atomic mass is 15.2. The van der Waals surface area contributed by atoms with E-state index in [1.807, 2.05) is 66.7 Å². The van der Waals surface area contributed by atoms with Gasteiger partial charge < -0.3 is 4.57 Å². The molecule has 6 nitrogen and oxygen atoms in total. The number of pyridine rings is 1. The molecule has 2 aromatic heterocycles. The first-order valence-corrected chi connectivity index (χ1v) is 18.1. The van der Waals surface area contributed by atoms with Gasteiger partial charge >= 0.3 is 0 Å². The number of aromatic nitrogens is 6. The van der Waals surface area contributed by atoms with Gasteiger partial charge in [-0.15, -0.1) is 0 Å². The van der Waals surface area contributed by atoms with Crippen molar-refractivity contribution in [2.45, 2.75) is 0 Å². The zero-order valence-electron chi connectivity index (χ0n) is 29.0. The van der Waals surface area contributed by atoms with Crippen LogP contribution >= 0.6 is 0 Å². The van der Waals surface area contributed by atoms with Crippen molar-refractivity contribution in [3.05, 3.63) is 182 Å². The molecule has 0 radical (unpaired) electrons. The third-order valence-electron chi connectivity index (χ3n) is 10.3. The summed E-state index contributed by atoms with van der Waals surface area (Å²) in [4.78, 5) is 20.4. The average Bonchev–Trinajstić information content (AvgIpc) is 3.78. The van der Waals surface area contributed by atoms with Crippen molar-refractivity contribution in [1.29, 1.82) is 0 Å². The van der Waals surface area contributed by atoms with E-state index in [1.54, 1.807) is 0 Å². The molecule has 7 aromatic carbocycles. The van der Waals surface area contributed by atoms with Crippen LogP contribution in [-0.4, -0.2) is 29.1 Å². The fraction of sp³-hybridized carbons (Fsp3) is 0. The Labute approximate surface area is 310 Å². The quantitative estimate of drug-likeness (QED) is 0.180. The number of fused-ring (bicyclic) bond motifs is 7. The molecule has 252 valence electrons. The van der Waals surface area contributed by atoms with Crippen molar-refractivity contribution >= 4 is 43.6 Å². The van der Waals surface area contributed by atoms with Crippen LogP contribution in [0.5, 0.6) is 0 Å².